The van der Waals surface area contributed by atoms with Crippen molar-refractivity contribution in [2.45, 2.75) is 11.8 Å². The lowest BCUT2D eigenvalue weighted by Crippen LogP contribution is -2.58. The van der Waals surface area contributed by atoms with Crippen molar-refractivity contribution in [1.82, 2.24) is 5.32 Å². The molecule has 1 fully saturated rings. The molecule has 1 N–H and O–H groups in total. The molecule has 0 radical (unpaired) electrons. The van der Waals surface area contributed by atoms with Crippen LogP contribution in [0.2, 0.25) is 0 Å². The summed E-state index contributed by atoms with van der Waals surface area (Å²) in [5, 5.41) is 3.42. The maximum atomic E-state index is 5.30. The zero-order valence-corrected chi connectivity index (χ0v) is 15.0. The third-order valence-electron chi connectivity index (χ3n) is 4.14. The summed E-state index contributed by atoms with van der Waals surface area (Å²) in [5.74, 6) is 0.878. The summed E-state index contributed by atoms with van der Waals surface area (Å²) in [5.41, 5.74) is 2.93. The number of benzene rings is 2. The van der Waals surface area contributed by atoms with Gasteiger partial charge in [-0.3, -0.25) is 0 Å². The number of methoxy groups -OCH3 is 1. The van der Waals surface area contributed by atoms with Crippen molar-refractivity contribution in [2.24, 2.45) is 0 Å². The molecule has 0 unspecified atom stereocenters. The van der Waals surface area contributed by atoms with Crippen molar-refractivity contribution in [3.05, 3.63) is 62.5 Å². The number of hydrogen-bond acceptors (Lipinski definition) is 2. The molecule has 1 heterocycles. The second kappa shape index (κ2) is 6.11. The third kappa shape index (κ3) is 3.03. The van der Waals surface area contributed by atoms with E-state index in [4.69, 9.17) is 4.74 Å². The summed E-state index contributed by atoms with van der Waals surface area (Å²) in [6, 6.07) is 15.0. The van der Waals surface area contributed by atoms with E-state index in [1.807, 2.05) is 6.07 Å². The first-order valence-corrected chi connectivity index (χ1v) is 8.51. The fourth-order valence-electron chi connectivity index (χ4n) is 2.87. The van der Waals surface area contributed by atoms with E-state index >= 15 is 0 Å². The largest absolute Gasteiger partial charge is 0.496 e. The van der Waals surface area contributed by atoms with E-state index in [9.17, 15) is 0 Å². The van der Waals surface area contributed by atoms with Crippen LogP contribution in [0, 0.1) is 0 Å². The minimum absolute atomic E-state index is 0.203. The molecule has 0 aliphatic carbocycles. The average molecular weight is 411 g/mol. The van der Waals surface area contributed by atoms with Crippen LogP contribution >= 0.6 is 31.9 Å². The standard InChI is InChI=1S/C17H17Br2NO/c1-21-16-7-2-12(8-15(16)19)9-17(10-20-11-17)13-3-5-14(18)6-4-13/h2-8,20H,9-11H2,1H3. The van der Waals surface area contributed by atoms with Gasteiger partial charge in [-0.05, 0) is 57.7 Å². The Labute approximate surface area is 142 Å². The number of ether oxygens (including phenoxy) is 1. The molecule has 0 spiro atoms. The SMILES string of the molecule is COc1ccc(CC2(c3ccc(Br)cc3)CNC2)cc1Br. The molecule has 2 aromatic carbocycles. The number of rotatable bonds is 4. The molecule has 4 heteroatoms. The molecule has 3 rings (SSSR count). The Morgan fingerprint density at radius 2 is 1.81 bits per heavy atom. The normalized spacial score (nSPS) is 16.3. The number of nitrogens with one attached hydrogen (secondary N) is 1. The first kappa shape index (κ1) is 15.1. The van der Waals surface area contributed by atoms with Gasteiger partial charge in [0, 0.05) is 23.0 Å². The van der Waals surface area contributed by atoms with Crippen molar-refractivity contribution in [1.29, 1.82) is 0 Å². The highest BCUT2D eigenvalue weighted by Crippen LogP contribution is 2.35. The summed E-state index contributed by atoms with van der Waals surface area (Å²) in [6.07, 6.45) is 1.03. The predicted molar refractivity (Wildman–Crippen MR) is 93.1 cm³/mol. The molecule has 0 atom stereocenters. The highest BCUT2D eigenvalue weighted by Gasteiger charge is 2.38. The van der Waals surface area contributed by atoms with Crippen molar-refractivity contribution in [3.63, 3.8) is 0 Å². The van der Waals surface area contributed by atoms with Crippen LogP contribution in [0.4, 0.5) is 0 Å². The fourth-order valence-corrected chi connectivity index (χ4v) is 3.72. The fraction of sp³-hybridized carbons (Fsp3) is 0.294. The van der Waals surface area contributed by atoms with Crippen LogP contribution in [-0.4, -0.2) is 20.2 Å². The van der Waals surface area contributed by atoms with Gasteiger partial charge in [0.1, 0.15) is 5.75 Å². The molecule has 0 amide bonds. The highest BCUT2D eigenvalue weighted by atomic mass is 79.9. The minimum Gasteiger partial charge on any atom is -0.496 e. The Morgan fingerprint density at radius 1 is 1.10 bits per heavy atom. The zero-order valence-electron chi connectivity index (χ0n) is 11.8. The molecule has 21 heavy (non-hydrogen) atoms. The Hall–Kier alpha value is -0.840. The van der Waals surface area contributed by atoms with E-state index in [0.717, 1.165) is 34.2 Å². The van der Waals surface area contributed by atoms with Gasteiger partial charge in [-0.2, -0.15) is 0 Å². The predicted octanol–water partition coefficient (Wildman–Crippen LogP) is 4.30. The van der Waals surface area contributed by atoms with E-state index in [1.54, 1.807) is 7.11 Å². The van der Waals surface area contributed by atoms with Crippen LogP contribution in [-0.2, 0) is 11.8 Å². The Bertz CT molecular complexity index is 636. The van der Waals surface area contributed by atoms with Crippen LogP contribution in [0.15, 0.2) is 51.4 Å². The molecule has 2 nitrogen and oxygen atoms in total. The quantitative estimate of drug-likeness (QED) is 0.810. The Morgan fingerprint density at radius 3 is 2.33 bits per heavy atom. The first-order valence-electron chi connectivity index (χ1n) is 6.92. The second-order valence-corrected chi connectivity index (χ2v) is 7.31. The van der Waals surface area contributed by atoms with Gasteiger partial charge in [-0.25, -0.2) is 0 Å². The van der Waals surface area contributed by atoms with Gasteiger partial charge < -0.3 is 10.1 Å². The van der Waals surface area contributed by atoms with Gasteiger partial charge in [0.25, 0.3) is 0 Å². The summed E-state index contributed by atoms with van der Waals surface area (Å²) in [6.45, 7) is 2.05. The van der Waals surface area contributed by atoms with Gasteiger partial charge in [-0.1, -0.05) is 34.1 Å². The number of hydrogen-bond donors (Lipinski definition) is 1. The molecular weight excluding hydrogens is 394 g/mol. The maximum absolute atomic E-state index is 5.30. The van der Waals surface area contributed by atoms with Crippen LogP contribution in [0.25, 0.3) is 0 Å². The summed E-state index contributed by atoms with van der Waals surface area (Å²) < 4.78 is 7.44. The molecule has 1 aliphatic heterocycles. The third-order valence-corrected chi connectivity index (χ3v) is 5.29. The molecule has 1 saturated heterocycles. The topological polar surface area (TPSA) is 21.3 Å². The average Bonchev–Trinajstić information content (AvgIpc) is 2.44. The molecule has 2 aromatic rings. The van der Waals surface area contributed by atoms with E-state index < -0.39 is 0 Å². The van der Waals surface area contributed by atoms with E-state index in [-0.39, 0.29) is 5.41 Å². The van der Waals surface area contributed by atoms with Gasteiger partial charge in [0.05, 0.1) is 11.6 Å². The smallest absolute Gasteiger partial charge is 0.133 e. The van der Waals surface area contributed by atoms with E-state index in [2.05, 4.69) is 73.6 Å². The van der Waals surface area contributed by atoms with E-state index in [1.165, 1.54) is 11.1 Å². The maximum Gasteiger partial charge on any atom is 0.133 e. The van der Waals surface area contributed by atoms with Gasteiger partial charge >= 0.3 is 0 Å². The summed E-state index contributed by atoms with van der Waals surface area (Å²) in [4.78, 5) is 0. The molecule has 0 bridgehead atoms. The van der Waals surface area contributed by atoms with Crippen LogP contribution in [0.1, 0.15) is 11.1 Å². The molecule has 110 valence electrons. The van der Waals surface area contributed by atoms with Gasteiger partial charge in [-0.15, -0.1) is 0 Å². The van der Waals surface area contributed by atoms with Crippen LogP contribution in [0.3, 0.4) is 0 Å². The zero-order chi connectivity index (χ0) is 14.9. The van der Waals surface area contributed by atoms with Crippen molar-refractivity contribution in [3.8, 4) is 5.75 Å². The lowest BCUT2D eigenvalue weighted by atomic mass is 9.71. The van der Waals surface area contributed by atoms with Crippen molar-refractivity contribution in [2.75, 3.05) is 20.2 Å². The summed E-state index contributed by atoms with van der Waals surface area (Å²) in [7, 11) is 1.69. The highest BCUT2D eigenvalue weighted by molar-refractivity contribution is 9.10. The molecular formula is C17H17Br2NO. The van der Waals surface area contributed by atoms with Crippen LogP contribution < -0.4 is 10.1 Å². The Kier molecular flexibility index (Phi) is 4.38. The van der Waals surface area contributed by atoms with Gasteiger partial charge in [0.15, 0.2) is 0 Å². The molecule has 0 aromatic heterocycles. The first-order chi connectivity index (χ1) is 10.1. The Balaban J connectivity index is 1.87. The molecule has 1 aliphatic rings. The lowest BCUT2D eigenvalue weighted by molar-refractivity contribution is 0.274. The van der Waals surface area contributed by atoms with E-state index in [0.29, 0.717) is 0 Å². The second-order valence-electron chi connectivity index (χ2n) is 5.54. The van der Waals surface area contributed by atoms with Crippen LogP contribution in [0.5, 0.6) is 5.75 Å². The number of halogens is 2. The van der Waals surface area contributed by atoms with Gasteiger partial charge in [0.2, 0.25) is 0 Å². The summed E-state index contributed by atoms with van der Waals surface area (Å²) >= 11 is 7.08. The van der Waals surface area contributed by atoms with Crippen molar-refractivity contribution >= 4 is 31.9 Å². The lowest BCUT2D eigenvalue weighted by Gasteiger charge is -2.43. The minimum atomic E-state index is 0.203. The monoisotopic (exact) mass is 409 g/mol. The molecule has 0 saturated carbocycles. The van der Waals surface area contributed by atoms with Crippen molar-refractivity contribution < 1.29 is 4.74 Å².